The molecule has 2 rings (SSSR count). The van der Waals surface area contributed by atoms with Crippen LogP contribution in [0, 0.1) is 24.0 Å². The molecule has 1 atom stereocenters. The van der Waals surface area contributed by atoms with Crippen molar-refractivity contribution in [1.29, 1.82) is 0 Å². The van der Waals surface area contributed by atoms with E-state index in [-0.39, 0.29) is 6.10 Å². The summed E-state index contributed by atoms with van der Waals surface area (Å²) >= 11 is 6.54. The molecule has 0 fully saturated rings. The van der Waals surface area contributed by atoms with E-state index in [1.54, 1.807) is 0 Å². The quantitative estimate of drug-likeness (QED) is 0.275. The van der Waals surface area contributed by atoms with Gasteiger partial charge in [-0.1, -0.05) is 44.4 Å². The van der Waals surface area contributed by atoms with Crippen LogP contribution in [0.1, 0.15) is 56.4 Å². The van der Waals surface area contributed by atoms with Crippen LogP contribution in [0.3, 0.4) is 0 Å². The minimum atomic E-state index is -1.92. The van der Waals surface area contributed by atoms with Crippen LogP contribution in [-0.2, 0) is 10.8 Å². The summed E-state index contributed by atoms with van der Waals surface area (Å²) in [5, 5.41) is 0.605. The van der Waals surface area contributed by atoms with Gasteiger partial charge in [0, 0.05) is 22.2 Å². The maximum atomic E-state index is 13.5. The highest BCUT2D eigenvalue weighted by Crippen LogP contribution is 2.37. The third-order valence-electron chi connectivity index (χ3n) is 5.71. The van der Waals surface area contributed by atoms with Crippen LogP contribution in [0.2, 0.25) is 23.2 Å². The second kappa shape index (κ2) is 10.9. The van der Waals surface area contributed by atoms with E-state index >= 15 is 0 Å². The minimum Gasteiger partial charge on any atom is -0.410 e. The van der Waals surface area contributed by atoms with Crippen LogP contribution in [0.4, 0.5) is 8.78 Å². The molecule has 0 spiro atoms. The predicted molar refractivity (Wildman–Crippen MR) is 120 cm³/mol. The maximum absolute atomic E-state index is 13.5. The topological polar surface area (TPSA) is 9.23 Å². The Balaban J connectivity index is 2.29. The molecular weight excluding hydrogens is 406 g/mol. The van der Waals surface area contributed by atoms with Crippen LogP contribution in [0.25, 0.3) is 0 Å². The fraction of sp³-hybridized carbons (Fsp3) is 0.417. The average Bonchev–Trinajstić information content (AvgIpc) is 2.70. The highest BCUT2D eigenvalue weighted by atomic mass is 35.5. The van der Waals surface area contributed by atoms with Gasteiger partial charge in [0.25, 0.3) is 0 Å². The van der Waals surface area contributed by atoms with Crippen LogP contribution in [0.5, 0.6) is 0 Å². The van der Waals surface area contributed by atoms with Crippen LogP contribution >= 0.6 is 11.6 Å². The maximum Gasteiger partial charge on any atom is 0.192 e. The first-order chi connectivity index (χ1) is 13.9. The summed E-state index contributed by atoms with van der Waals surface area (Å²) in [6.07, 6.45) is 7.47. The van der Waals surface area contributed by atoms with Gasteiger partial charge in [0.1, 0.15) is 11.6 Å². The van der Waals surface area contributed by atoms with E-state index < -0.39 is 20.0 Å². The van der Waals surface area contributed by atoms with Crippen molar-refractivity contribution in [2.75, 3.05) is 0 Å². The molecule has 0 radical (unpaired) electrons. The first-order valence-corrected chi connectivity index (χ1v) is 13.2. The van der Waals surface area contributed by atoms with E-state index in [9.17, 15) is 8.78 Å². The third-order valence-corrected chi connectivity index (χ3v) is 10.7. The third kappa shape index (κ3) is 6.15. The fourth-order valence-electron chi connectivity index (χ4n) is 3.80. The Morgan fingerprint density at radius 3 is 2.24 bits per heavy atom. The largest absolute Gasteiger partial charge is 0.410 e. The molecule has 0 saturated heterocycles. The van der Waals surface area contributed by atoms with Crippen molar-refractivity contribution in [3.05, 3.63) is 69.7 Å². The molecule has 156 valence electrons. The van der Waals surface area contributed by atoms with E-state index in [0.717, 1.165) is 35.3 Å². The van der Waals surface area contributed by atoms with Crippen molar-refractivity contribution in [3.8, 4) is 12.3 Å². The fourth-order valence-corrected chi connectivity index (χ4v) is 6.94. The van der Waals surface area contributed by atoms with E-state index in [0.29, 0.717) is 29.8 Å². The second-order valence-electron chi connectivity index (χ2n) is 7.37. The zero-order valence-corrected chi connectivity index (χ0v) is 19.2. The number of rotatable bonds is 10. The Hall–Kier alpha value is -1.67. The lowest BCUT2D eigenvalue weighted by Crippen LogP contribution is -2.37. The summed E-state index contributed by atoms with van der Waals surface area (Å²) in [7, 11) is -1.92. The number of terminal acetylenes is 1. The molecule has 1 nitrogen and oxygen atoms in total. The Bertz CT molecular complexity index is 830. The van der Waals surface area contributed by atoms with E-state index in [1.165, 1.54) is 12.1 Å². The molecule has 5 heteroatoms. The highest BCUT2D eigenvalue weighted by Gasteiger charge is 2.33. The molecule has 1 unspecified atom stereocenters. The Labute approximate surface area is 179 Å². The lowest BCUT2D eigenvalue weighted by Gasteiger charge is -2.34. The van der Waals surface area contributed by atoms with E-state index in [2.05, 4.69) is 26.7 Å². The number of aryl methyl sites for hydroxylation is 1. The monoisotopic (exact) mass is 434 g/mol. The molecule has 0 amide bonds. The predicted octanol–water partition coefficient (Wildman–Crippen LogP) is 7.69. The molecule has 2 aromatic carbocycles. The highest BCUT2D eigenvalue weighted by molar-refractivity contribution is 6.73. The van der Waals surface area contributed by atoms with Gasteiger partial charge < -0.3 is 4.43 Å². The zero-order valence-electron chi connectivity index (χ0n) is 17.4. The number of benzene rings is 2. The molecule has 2 aromatic rings. The standard InChI is InChI=1S/C24H29ClF2OSi/c1-5-19-12-10-13-22(25)24(19)23(28-29(6-2,7-3)8-4)14-9-11-18-15-20(26)17-21(27)16-18/h1,10,12-13,15-17,23H,6-9,11,14H2,2-4H3. The van der Waals surface area contributed by atoms with Crippen LogP contribution < -0.4 is 0 Å². The molecule has 0 saturated carbocycles. The van der Waals surface area contributed by atoms with Crippen molar-refractivity contribution in [1.82, 2.24) is 0 Å². The van der Waals surface area contributed by atoms with Gasteiger partial charge >= 0.3 is 0 Å². The SMILES string of the molecule is C#Cc1cccc(Cl)c1C(CCCc1cc(F)cc(F)c1)O[Si](CC)(CC)CC. The molecule has 0 aliphatic heterocycles. The Morgan fingerprint density at radius 1 is 1.07 bits per heavy atom. The summed E-state index contributed by atoms with van der Waals surface area (Å²) in [5.41, 5.74) is 2.24. The first-order valence-electron chi connectivity index (χ1n) is 10.3. The summed E-state index contributed by atoms with van der Waals surface area (Å²) in [6, 6.07) is 12.3. The second-order valence-corrected chi connectivity index (χ2v) is 12.5. The van der Waals surface area contributed by atoms with Crippen molar-refractivity contribution in [2.45, 2.75) is 64.3 Å². The van der Waals surface area contributed by atoms with Crippen LogP contribution in [0.15, 0.2) is 36.4 Å². The van der Waals surface area contributed by atoms with Gasteiger partial charge in [-0.3, -0.25) is 0 Å². The average molecular weight is 435 g/mol. The zero-order chi connectivity index (χ0) is 21.4. The normalized spacial score (nSPS) is 12.6. The Morgan fingerprint density at radius 2 is 1.69 bits per heavy atom. The van der Waals surface area contributed by atoms with Crippen LogP contribution in [-0.4, -0.2) is 8.32 Å². The molecule has 0 aliphatic rings. The van der Waals surface area contributed by atoms with Gasteiger partial charge in [-0.15, -0.1) is 6.42 Å². The molecule has 0 heterocycles. The lowest BCUT2D eigenvalue weighted by molar-refractivity contribution is 0.176. The number of hydrogen-bond acceptors (Lipinski definition) is 1. The van der Waals surface area contributed by atoms with Gasteiger partial charge in [-0.2, -0.15) is 0 Å². The molecular formula is C24H29ClF2OSi. The number of halogens is 3. The molecule has 0 aliphatic carbocycles. The summed E-state index contributed by atoms with van der Waals surface area (Å²) in [5.74, 6) is 1.63. The van der Waals surface area contributed by atoms with E-state index in [4.69, 9.17) is 22.5 Å². The lowest BCUT2D eigenvalue weighted by atomic mass is 9.97. The molecule has 0 N–H and O–H groups in total. The molecule has 0 bridgehead atoms. The Kier molecular flexibility index (Phi) is 8.89. The van der Waals surface area contributed by atoms with E-state index in [1.807, 2.05) is 18.2 Å². The van der Waals surface area contributed by atoms with Gasteiger partial charge in [0.15, 0.2) is 8.32 Å². The van der Waals surface area contributed by atoms with Crippen molar-refractivity contribution < 1.29 is 13.2 Å². The van der Waals surface area contributed by atoms with Gasteiger partial charge in [-0.05, 0) is 67.2 Å². The van der Waals surface area contributed by atoms with Gasteiger partial charge in [0.2, 0.25) is 0 Å². The minimum absolute atomic E-state index is 0.223. The van der Waals surface area contributed by atoms with Crippen molar-refractivity contribution in [2.24, 2.45) is 0 Å². The van der Waals surface area contributed by atoms with Crippen molar-refractivity contribution >= 4 is 19.9 Å². The summed E-state index contributed by atoms with van der Waals surface area (Å²) < 4.78 is 33.8. The first kappa shape index (κ1) is 23.6. The molecule has 29 heavy (non-hydrogen) atoms. The van der Waals surface area contributed by atoms with Gasteiger partial charge in [-0.25, -0.2) is 8.78 Å². The van der Waals surface area contributed by atoms with Gasteiger partial charge in [0.05, 0.1) is 6.10 Å². The summed E-state index contributed by atoms with van der Waals surface area (Å²) in [6.45, 7) is 6.54. The molecule has 0 aromatic heterocycles. The van der Waals surface area contributed by atoms with Crippen molar-refractivity contribution in [3.63, 3.8) is 0 Å². The number of hydrogen-bond donors (Lipinski definition) is 0. The summed E-state index contributed by atoms with van der Waals surface area (Å²) in [4.78, 5) is 0. The smallest absolute Gasteiger partial charge is 0.192 e.